The first kappa shape index (κ1) is 15.1. The van der Waals surface area contributed by atoms with Gasteiger partial charge in [0.1, 0.15) is 5.15 Å². The number of anilines is 1. The van der Waals surface area contributed by atoms with Crippen molar-refractivity contribution in [1.29, 1.82) is 0 Å². The van der Waals surface area contributed by atoms with Crippen LogP contribution in [0.25, 0.3) is 0 Å². The lowest BCUT2D eigenvalue weighted by molar-refractivity contribution is -0.116. The van der Waals surface area contributed by atoms with E-state index < -0.39 is 0 Å². The Kier molecular flexibility index (Phi) is 5.24. The largest absolute Gasteiger partial charge is 0.325 e. The zero-order valence-corrected chi connectivity index (χ0v) is 12.6. The van der Waals surface area contributed by atoms with Gasteiger partial charge in [0.15, 0.2) is 0 Å². The molecule has 2 aromatic rings. The monoisotopic (exact) mass is 328 g/mol. The van der Waals surface area contributed by atoms with E-state index in [4.69, 9.17) is 34.8 Å². The van der Waals surface area contributed by atoms with Crippen molar-refractivity contribution in [3.63, 3.8) is 0 Å². The van der Waals surface area contributed by atoms with Crippen LogP contribution in [0.3, 0.4) is 0 Å². The summed E-state index contributed by atoms with van der Waals surface area (Å²) in [6.07, 6.45) is 2.45. The van der Waals surface area contributed by atoms with Crippen LogP contribution in [0.5, 0.6) is 0 Å². The smallest absolute Gasteiger partial charge is 0.224 e. The number of aromatic nitrogens is 1. The van der Waals surface area contributed by atoms with E-state index in [9.17, 15) is 4.79 Å². The number of carbonyl (C=O) groups excluding carboxylic acids is 1. The lowest BCUT2D eigenvalue weighted by Gasteiger charge is -2.06. The molecule has 3 nitrogen and oxygen atoms in total. The minimum Gasteiger partial charge on any atom is -0.325 e. The summed E-state index contributed by atoms with van der Waals surface area (Å²) in [6.45, 7) is 0. The summed E-state index contributed by atoms with van der Waals surface area (Å²) >= 11 is 17.4. The predicted octanol–water partition coefficient (Wildman–Crippen LogP) is 4.61. The van der Waals surface area contributed by atoms with E-state index in [-0.39, 0.29) is 5.91 Å². The molecule has 0 unspecified atom stereocenters. The minimum absolute atomic E-state index is 0.0970. The van der Waals surface area contributed by atoms with Crippen LogP contribution in [-0.4, -0.2) is 10.9 Å². The summed E-state index contributed by atoms with van der Waals surface area (Å²) in [4.78, 5) is 15.7. The molecule has 6 heteroatoms. The molecule has 1 aromatic carbocycles. The standard InChI is InChI=1S/C14H11Cl3N2O/c15-11-4-1-9(7-12(11)16)2-6-14(20)19-10-3-5-13(17)18-8-10/h1,3-5,7-8H,2,6H2,(H,19,20). The Balaban J connectivity index is 1.88. The van der Waals surface area contributed by atoms with Gasteiger partial charge in [-0.05, 0) is 36.2 Å². The maximum absolute atomic E-state index is 11.8. The zero-order valence-electron chi connectivity index (χ0n) is 10.4. The Morgan fingerprint density at radius 2 is 1.90 bits per heavy atom. The van der Waals surface area contributed by atoms with Crippen LogP contribution in [0.1, 0.15) is 12.0 Å². The second-order valence-corrected chi connectivity index (χ2v) is 5.37. The summed E-state index contributed by atoms with van der Waals surface area (Å²) < 4.78 is 0. The van der Waals surface area contributed by atoms with Crippen LogP contribution < -0.4 is 5.32 Å². The number of benzene rings is 1. The van der Waals surface area contributed by atoms with Gasteiger partial charge in [-0.25, -0.2) is 4.98 Å². The molecule has 20 heavy (non-hydrogen) atoms. The third-order valence-electron chi connectivity index (χ3n) is 2.64. The Labute approximate surface area is 131 Å². The molecule has 104 valence electrons. The fourth-order valence-electron chi connectivity index (χ4n) is 1.63. The fourth-order valence-corrected chi connectivity index (χ4v) is 2.06. The molecule has 1 heterocycles. The third-order valence-corrected chi connectivity index (χ3v) is 3.60. The second kappa shape index (κ2) is 6.93. The van der Waals surface area contributed by atoms with Crippen LogP contribution in [0, 0.1) is 0 Å². The van der Waals surface area contributed by atoms with Crippen molar-refractivity contribution in [3.05, 3.63) is 57.3 Å². The van der Waals surface area contributed by atoms with Crippen LogP contribution in [0.15, 0.2) is 36.5 Å². The van der Waals surface area contributed by atoms with Gasteiger partial charge < -0.3 is 5.32 Å². The molecule has 0 radical (unpaired) electrons. The predicted molar refractivity (Wildman–Crippen MR) is 82.7 cm³/mol. The third kappa shape index (κ3) is 4.37. The van der Waals surface area contributed by atoms with Crippen LogP contribution in [0.4, 0.5) is 5.69 Å². The number of carbonyl (C=O) groups is 1. The molecular weight excluding hydrogens is 319 g/mol. The molecule has 0 aliphatic rings. The number of halogens is 3. The van der Waals surface area contributed by atoms with E-state index in [2.05, 4.69) is 10.3 Å². The van der Waals surface area contributed by atoms with Crippen molar-refractivity contribution in [3.8, 4) is 0 Å². The normalized spacial score (nSPS) is 10.3. The Bertz CT molecular complexity index is 614. The van der Waals surface area contributed by atoms with Crippen LogP contribution in [-0.2, 0) is 11.2 Å². The van der Waals surface area contributed by atoms with E-state index in [1.807, 2.05) is 6.07 Å². The maximum atomic E-state index is 11.8. The molecule has 0 saturated carbocycles. The Hall–Kier alpha value is -1.29. The van der Waals surface area contributed by atoms with Crippen molar-refractivity contribution >= 4 is 46.4 Å². The molecule has 0 spiro atoms. The van der Waals surface area contributed by atoms with Crippen molar-refractivity contribution in [2.75, 3.05) is 5.32 Å². The number of hydrogen-bond acceptors (Lipinski definition) is 2. The maximum Gasteiger partial charge on any atom is 0.224 e. The van der Waals surface area contributed by atoms with E-state index in [0.717, 1.165) is 5.56 Å². The first-order valence-corrected chi connectivity index (χ1v) is 7.03. The summed E-state index contributed by atoms with van der Waals surface area (Å²) in [5.41, 5.74) is 1.58. The summed E-state index contributed by atoms with van der Waals surface area (Å²) in [7, 11) is 0. The first-order valence-electron chi connectivity index (χ1n) is 5.90. The lowest BCUT2D eigenvalue weighted by Crippen LogP contribution is -2.12. The van der Waals surface area contributed by atoms with Crippen molar-refractivity contribution in [1.82, 2.24) is 4.98 Å². The average molecular weight is 330 g/mol. The number of nitrogens with one attached hydrogen (secondary N) is 1. The van der Waals surface area contributed by atoms with Gasteiger partial charge in [0, 0.05) is 6.42 Å². The van der Waals surface area contributed by atoms with E-state index in [0.29, 0.717) is 33.7 Å². The number of aryl methyl sites for hydroxylation is 1. The summed E-state index contributed by atoms with van der Waals surface area (Å²) in [6, 6.07) is 8.66. The van der Waals surface area contributed by atoms with E-state index in [1.54, 1.807) is 24.3 Å². The Morgan fingerprint density at radius 1 is 1.10 bits per heavy atom. The highest BCUT2D eigenvalue weighted by molar-refractivity contribution is 6.42. The molecule has 0 bridgehead atoms. The highest BCUT2D eigenvalue weighted by Crippen LogP contribution is 2.23. The quantitative estimate of drug-likeness (QED) is 0.832. The minimum atomic E-state index is -0.0970. The SMILES string of the molecule is O=C(CCc1ccc(Cl)c(Cl)c1)Nc1ccc(Cl)nc1. The zero-order chi connectivity index (χ0) is 14.5. The molecule has 0 fully saturated rings. The molecule has 1 amide bonds. The van der Waals surface area contributed by atoms with Crippen LogP contribution in [0.2, 0.25) is 15.2 Å². The first-order chi connectivity index (χ1) is 9.54. The van der Waals surface area contributed by atoms with Crippen LogP contribution >= 0.6 is 34.8 Å². The molecular formula is C14H11Cl3N2O. The number of hydrogen-bond donors (Lipinski definition) is 1. The van der Waals surface area contributed by atoms with Crippen molar-refractivity contribution < 1.29 is 4.79 Å². The lowest BCUT2D eigenvalue weighted by atomic mass is 10.1. The average Bonchev–Trinajstić information content (AvgIpc) is 2.43. The number of rotatable bonds is 4. The number of nitrogens with zero attached hydrogens (tertiary/aromatic N) is 1. The highest BCUT2D eigenvalue weighted by atomic mass is 35.5. The van der Waals surface area contributed by atoms with Gasteiger partial charge in [0.05, 0.1) is 21.9 Å². The van der Waals surface area contributed by atoms with Gasteiger partial charge in [0.2, 0.25) is 5.91 Å². The van der Waals surface area contributed by atoms with Gasteiger partial charge >= 0.3 is 0 Å². The molecule has 2 rings (SSSR count). The Morgan fingerprint density at radius 3 is 2.55 bits per heavy atom. The second-order valence-electron chi connectivity index (χ2n) is 4.17. The van der Waals surface area contributed by atoms with Crippen molar-refractivity contribution in [2.45, 2.75) is 12.8 Å². The molecule has 0 atom stereocenters. The topological polar surface area (TPSA) is 42.0 Å². The molecule has 1 aromatic heterocycles. The van der Waals surface area contributed by atoms with Gasteiger partial charge in [-0.1, -0.05) is 40.9 Å². The van der Waals surface area contributed by atoms with E-state index >= 15 is 0 Å². The molecule has 0 aliphatic heterocycles. The summed E-state index contributed by atoms with van der Waals surface area (Å²) in [5, 5.41) is 4.13. The van der Waals surface area contributed by atoms with Gasteiger partial charge in [-0.3, -0.25) is 4.79 Å². The molecule has 0 saturated heterocycles. The number of amides is 1. The van der Waals surface area contributed by atoms with Gasteiger partial charge in [-0.15, -0.1) is 0 Å². The fraction of sp³-hybridized carbons (Fsp3) is 0.143. The van der Waals surface area contributed by atoms with Gasteiger partial charge in [-0.2, -0.15) is 0 Å². The number of pyridine rings is 1. The molecule has 1 N–H and O–H groups in total. The van der Waals surface area contributed by atoms with Gasteiger partial charge in [0.25, 0.3) is 0 Å². The van der Waals surface area contributed by atoms with Crippen molar-refractivity contribution in [2.24, 2.45) is 0 Å². The molecule has 0 aliphatic carbocycles. The van der Waals surface area contributed by atoms with E-state index in [1.165, 1.54) is 6.20 Å². The summed E-state index contributed by atoms with van der Waals surface area (Å²) in [5.74, 6) is -0.0970. The highest BCUT2D eigenvalue weighted by Gasteiger charge is 2.05.